The molecule has 1 aromatic carbocycles. The van der Waals surface area contributed by atoms with Crippen molar-refractivity contribution in [3.8, 4) is 5.75 Å². The first-order chi connectivity index (χ1) is 9.26. The summed E-state index contributed by atoms with van der Waals surface area (Å²) in [7, 11) is 3.72. The van der Waals surface area contributed by atoms with Crippen molar-refractivity contribution >= 4 is 11.6 Å². The summed E-state index contributed by atoms with van der Waals surface area (Å²) in [6.45, 7) is 3.04. The monoisotopic (exact) mass is 282 g/mol. The predicted molar refractivity (Wildman–Crippen MR) is 80.0 cm³/mol. The minimum atomic E-state index is 0.597. The number of benzene rings is 1. The van der Waals surface area contributed by atoms with Gasteiger partial charge in [-0.05, 0) is 38.6 Å². The molecule has 0 bridgehead atoms. The number of nitrogens with zero attached hydrogens (tertiary/aromatic N) is 1. The van der Waals surface area contributed by atoms with Crippen LogP contribution >= 0.6 is 11.6 Å². The van der Waals surface area contributed by atoms with E-state index in [9.17, 15) is 0 Å². The number of piperidine rings is 1. The Labute approximate surface area is 120 Å². The third-order valence-electron chi connectivity index (χ3n) is 3.85. The van der Waals surface area contributed by atoms with Crippen LogP contribution in [0.25, 0.3) is 0 Å². The maximum atomic E-state index is 6.33. The molecule has 1 heterocycles. The number of ether oxygens (including phenoxy) is 1. The number of likely N-dealkylation sites (tertiary alicyclic amines) is 1. The Kier molecular flexibility index (Phi) is 5.49. The minimum Gasteiger partial charge on any atom is -0.496 e. The molecule has 1 aliphatic rings. The summed E-state index contributed by atoms with van der Waals surface area (Å²) in [6.07, 6.45) is 3.85. The van der Waals surface area contributed by atoms with Crippen molar-refractivity contribution in [1.82, 2.24) is 10.2 Å². The van der Waals surface area contributed by atoms with Crippen molar-refractivity contribution in [2.45, 2.75) is 31.8 Å². The second-order valence-corrected chi connectivity index (χ2v) is 5.51. The fourth-order valence-corrected chi connectivity index (χ4v) is 3.05. The largest absolute Gasteiger partial charge is 0.496 e. The SMILES string of the molecule is CNCC1CCCCN1Cc1c(Cl)cccc1OC. The molecular weight excluding hydrogens is 260 g/mol. The van der Waals surface area contributed by atoms with Crippen LogP contribution in [0.1, 0.15) is 24.8 Å². The first-order valence-corrected chi connectivity index (χ1v) is 7.34. The molecule has 2 rings (SSSR count). The zero-order valence-corrected chi connectivity index (χ0v) is 12.5. The molecule has 19 heavy (non-hydrogen) atoms. The molecule has 4 heteroatoms. The summed E-state index contributed by atoms with van der Waals surface area (Å²) in [5.74, 6) is 0.890. The number of halogens is 1. The van der Waals surface area contributed by atoms with E-state index < -0.39 is 0 Å². The molecule has 3 nitrogen and oxygen atoms in total. The van der Waals surface area contributed by atoms with Crippen LogP contribution in [0, 0.1) is 0 Å². The van der Waals surface area contributed by atoms with Gasteiger partial charge in [0.1, 0.15) is 5.75 Å². The van der Waals surface area contributed by atoms with Crippen molar-refractivity contribution in [3.05, 3.63) is 28.8 Å². The molecule has 1 N–H and O–H groups in total. The highest BCUT2D eigenvalue weighted by molar-refractivity contribution is 6.31. The molecular formula is C15H23ClN2O. The van der Waals surface area contributed by atoms with Crippen LogP contribution in [0.3, 0.4) is 0 Å². The van der Waals surface area contributed by atoms with Gasteiger partial charge in [0.15, 0.2) is 0 Å². The topological polar surface area (TPSA) is 24.5 Å². The summed E-state index contributed by atoms with van der Waals surface area (Å²) < 4.78 is 5.44. The van der Waals surface area contributed by atoms with Gasteiger partial charge in [0, 0.05) is 29.7 Å². The maximum absolute atomic E-state index is 6.33. The lowest BCUT2D eigenvalue weighted by molar-refractivity contribution is 0.138. The summed E-state index contributed by atoms with van der Waals surface area (Å²) >= 11 is 6.33. The normalized spacial score (nSPS) is 20.5. The molecule has 0 amide bonds. The standard InChI is InChI=1S/C15H23ClN2O/c1-17-10-12-6-3-4-9-18(12)11-13-14(16)7-5-8-15(13)19-2/h5,7-8,12,17H,3-4,6,9-11H2,1-2H3. The molecule has 0 aromatic heterocycles. The summed E-state index contributed by atoms with van der Waals surface area (Å²) in [5, 5.41) is 4.09. The number of hydrogen-bond donors (Lipinski definition) is 1. The Morgan fingerprint density at radius 2 is 2.26 bits per heavy atom. The first kappa shape index (κ1) is 14.6. The van der Waals surface area contributed by atoms with Gasteiger partial charge in [-0.1, -0.05) is 24.1 Å². The lowest BCUT2D eigenvalue weighted by Crippen LogP contribution is -2.44. The molecule has 1 atom stereocenters. The zero-order valence-electron chi connectivity index (χ0n) is 11.8. The Morgan fingerprint density at radius 3 is 3.00 bits per heavy atom. The molecule has 0 spiro atoms. The molecule has 0 saturated carbocycles. The van der Waals surface area contributed by atoms with Gasteiger partial charge in [0.25, 0.3) is 0 Å². The number of nitrogens with one attached hydrogen (secondary N) is 1. The van der Waals surface area contributed by atoms with Crippen LogP contribution in [-0.4, -0.2) is 38.2 Å². The molecule has 0 radical (unpaired) electrons. The van der Waals surface area contributed by atoms with Crippen molar-refractivity contribution in [2.75, 3.05) is 27.2 Å². The van der Waals surface area contributed by atoms with Crippen LogP contribution in [-0.2, 0) is 6.54 Å². The Balaban J connectivity index is 2.14. The maximum Gasteiger partial charge on any atom is 0.124 e. The Bertz CT molecular complexity index is 409. The lowest BCUT2D eigenvalue weighted by Gasteiger charge is -2.36. The molecule has 1 unspecified atom stereocenters. The second-order valence-electron chi connectivity index (χ2n) is 5.10. The molecule has 0 aliphatic carbocycles. The van der Waals surface area contributed by atoms with Gasteiger partial charge in [0.05, 0.1) is 7.11 Å². The number of hydrogen-bond acceptors (Lipinski definition) is 3. The first-order valence-electron chi connectivity index (χ1n) is 6.96. The fourth-order valence-electron chi connectivity index (χ4n) is 2.82. The Morgan fingerprint density at radius 1 is 1.42 bits per heavy atom. The zero-order chi connectivity index (χ0) is 13.7. The third kappa shape index (κ3) is 3.62. The van der Waals surface area contributed by atoms with Crippen molar-refractivity contribution < 1.29 is 4.74 Å². The number of likely N-dealkylation sites (N-methyl/N-ethyl adjacent to an activating group) is 1. The molecule has 106 valence electrons. The Hall–Kier alpha value is -0.770. The predicted octanol–water partition coefficient (Wildman–Crippen LogP) is 2.92. The summed E-state index contributed by atoms with van der Waals surface area (Å²) in [6, 6.07) is 6.46. The second kappa shape index (κ2) is 7.13. The molecule has 1 aliphatic heterocycles. The minimum absolute atomic E-state index is 0.597. The highest BCUT2D eigenvalue weighted by Crippen LogP contribution is 2.29. The highest BCUT2D eigenvalue weighted by atomic mass is 35.5. The smallest absolute Gasteiger partial charge is 0.124 e. The van der Waals surface area contributed by atoms with Crippen molar-refractivity contribution in [1.29, 1.82) is 0 Å². The van der Waals surface area contributed by atoms with E-state index in [1.165, 1.54) is 19.3 Å². The van der Waals surface area contributed by atoms with Crippen LogP contribution < -0.4 is 10.1 Å². The van der Waals surface area contributed by atoms with E-state index in [-0.39, 0.29) is 0 Å². The van der Waals surface area contributed by atoms with E-state index in [1.54, 1.807) is 7.11 Å². The van der Waals surface area contributed by atoms with E-state index in [0.29, 0.717) is 6.04 Å². The fraction of sp³-hybridized carbons (Fsp3) is 0.600. The average molecular weight is 283 g/mol. The molecule has 1 aromatic rings. The summed E-state index contributed by atoms with van der Waals surface area (Å²) in [5.41, 5.74) is 1.11. The van der Waals surface area contributed by atoms with Gasteiger partial charge in [-0.2, -0.15) is 0 Å². The van der Waals surface area contributed by atoms with Gasteiger partial charge in [-0.25, -0.2) is 0 Å². The van der Waals surface area contributed by atoms with Crippen molar-refractivity contribution in [3.63, 3.8) is 0 Å². The van der Waals surface area contributed by atoms with Gasteiger partial charge in [-0.15, -0.1) is 0 Å². The van der Waals surface area contributed by atoms with Crippen LogP contribution in [0.2, 0.25) is 5.02 Å². The molecule has 1 saturated heterocycles. The van der Waals surface area contributed by atoms with Gasteiger partial charge in [-0.3, -0.25) is 4.90 Å². The highest BCUT2D eigenvalue weighted by Gasteiger charge is 2.23. The van der Waals surface area contributed by atoms with Gasteiger partial charge >= 0.3 is 0 Å². The van der Waals surface area contributed by atoms with E-state index in [4.69, 9.17) is 16.3 Å². The number of rotatable bonds is 5. The van der Waals surface area contributed by atoms with E-state index in [1.807, 2.05) is 25.2 Å². The summed E-state index contributed by atoms with van der Waals surface area (Å²) in [4.78, 5) is 2.52. The van der Waals surface area contributed by atoms with Crippen LogP contribution in [0.15, 0.2) is 18.2 Å². The van der Waals surface area contributed by atoms with Crippen LogP contribution in [0.5, 0.6) is 5.75 Å². The van der Waals surface area contributed by atoms with Crippen molar-refractivity contribution in [2.24, 2.45) is 0 Å². The quantitative estimate of drug-likeness (QED) is 0.899. The van der Waals surface area contributed by atoms with E-state index in [2.05, 4.69) is 10.2 Å². The van der Waals surface area contributed by atoms with Gasteiger partial charge < -0.3 is 10.1 Å². The van der Waals surface area contributed by atoms with E-state index in [0.717, 1.165) is 36.0 Å². The van der Waals surface area contributed by atoms with E-state index >= 15 is 0 Å². The lowest BCUT2D eigenvalue weighted by atomic mass is 10.0. The third-order valence-corrected chi connectivity index (χ3v) is 4.20. The van der Waals surface area contributed by atoms with Crippen LogP contribution in [0.4, 0.5) is 0 Å². The molecule has 1 fully saturated rings. The van der Waals surface area contributed by atoms with Gasteiger partial charge in [0.2, 0.25) is 0 Å². The average Bonchev–Trinajstić information content (AvgIpc) is 2.43. The number of methoxy groups -OCH3 is 1.